The van der Waals surface area contributed by atoms with Crippen LogP contribution in [0.15, 0.2) is 58.6 Å². The molecular weight excluding hydrogens is 408 g/mol. The minimum Gasteiger partial charge on any atom is -0.355 e. The molecule has 0 bridgehead atoms. The van der Waals surface area contributed by atoms with Gasteiger partial charge in [-0.2, -0.15) is 5.10 Å². The van der Waals surface area contributed by atoms with E-state index in [9.17, 15) is 14.4 Å². The average Bonchev–Trinajstić information content (AvgIpc) is 3.08. The van der Waals surface area contributed by atoms with Crippen LogP contribution in [0.3, 0.4) is 0 Å². The van der Waals surface area contributed by atoms with Gasteiger partial charge in [0.1, 0.15) is 6.04 Å². The lowest BCUT2D eigenvalue weighted by atomic mass is 10.1. The van der Waals surface area contributed by atoms with Crippen LogP contribution in [0, 0.1) is 0 Å². The van der Waals surface area contributed by atoms with Crippen molar-refractivity contribution in [2.75, 3.05) is 12.4 Å². The Hall–Kier alpha value is -3.72. The summed E-state index contributed by atoms with van der Waals surface area (Å²) in [6.45, 7) is 0. The number of benzene rings is 2. The number of guanidine groups is 1. The molecule has 1 aliphatic rings. The first-order valence-corrected chi connectivity index (χ1v) is 9.38. The molecule has 9 nitrogen and oxygen atoms in total. The molecule has 0 saturated heterocycles. The summed E-state index contributed by atoms with van der Waals surface area (Å²) in [5.74, 6) is -0.949. The van der Waals surface area contributed by atoms with E-state index in [1.54, 1.807) is 42.5 Å². The van der Waals surface area contributed by atoms with E-state index in [4.69, 9.17) is 11.6 Å². The van der Waals surface area contributed by atoms with Gasteiger partial charge in [0.15, 0.2) is 0 Å². The van der Waals surface area contributed by atoms with Gasteiger partial charge in [-0.3, -0.25) is 19.7 Å². The summed E-state index contributed by atoms with van der Waals surface area (Å²) in [5.41, 5.74) is 4.18. The van der Waals surface area contributed by atoms with Crippen molar-refractivity contribution in [2.24, 2.45) is 10.1 Å². The molecule has 1 heterocycles. The van der Waals surface area contributed by atoms with E-state index in [0.717, 1.165) is 0 Å². The van der Waals surface area contributed by atoms with Crippen LogP contribution in [0.1, 0.15) is 22.3 Å². The van der Waals surface area contributed by atoms with Gasteiger partial charge in [0.25, 0.3) is 11.8 Å². The fourth-order valence-electron chi connectivity index (χ4n) is 2.65. The molecule has 0 saturated carbocycles. The van der Waals surface area contributed by atoms with E-state index in [0.29, 0.717) is 21.8 Å². The number of carbonyl (C=O) groups excluding carboxylic acids is 3. The number of anilines is 1. The Kier molecular flexibility index (Phi) is 6.76. The van der Waals surface area contributed by atoms with Crippen LogP contribution in [0.4, 0.5) is 5.69 Å². The zero-order chi connectivity index (χ0) is 21.5. The second-order valence-electron chi connectivity index (χ2n) is 6.29. The number of halogens is 1. The van der Waals surface area contributed by atoms with Crippen molar-refractivity contribution in [3.05, 3.63) is 64.7 Å². The van der Waals surface area contributed by atoms with Crippen LogP contribution >= 0.6 is 11.6 Å². The molecule has 0 aromatic heterocycles. The van der Waals surface area contributed by atoms with Crippen molar-refractivity contribution in [3.63, 3.8) is 0 Å². The van der Waals surface area contributed by atoms with Gasteiger partial charge in [0, 0.05) is 28.9 Å². The van der Waals surface area contributed by atoms with E-state index < -0.39 is 17.9 Å². The Balaban J connectivity index is 1.57. The van der Waals surface area contributed by atoms with Gasteiger partial charge in [-0.1, -0.05) is 35.9 Å². The number of aliphatic imine (C=N–C) groups is 1. The Morgan fingerprint density at radius 1 is 1.23 bits per heavy atom. The van der Waals surface area contributed by atoms with E-state index in [2.05, 4.69) is 31.5 Å². The van der Waals surface area contributed by atoms with E-state index in [-0.39, 0.29) is 18.3 Å². The van der Waals surface area contributed by atoms with Gasteiger partial charge in [0.2, 0.25) is 11.9 Å². The van der Waals surface area contributed by atoms with Gasteiger partial charge in [-0.15, -0.1) is 0 Å². The van der Waals surface area contributed by atoms with Crippen LogP contribution in [-0.2, 0) is 9.59 Å². The first-order valence-electron chi connectivity index (χ1n) is 9.00. The Bertz CT molecular complexity index is 1040. The predicted molar refractivity (Wildman–Crippen MR) is 115 cm³/mol. The Morgan fingerprint density at radius 2 is 2.03 bits per heavy atom. The van der Waals surface area contributed by atoms with Gasteiger partial charge < -0.3 is 10.6 Å². The third-order valence-electron chi connectivity index (χ3n) is 4.12. The van der Waals surface area contributed by atoms with E-state index >= 15 is 0 Å². The molecule has 30 heavy (non-hydrogen) atoms. The van der Waals surface area contributed by atoms with Crippen molar-refractivity contribution in [1.82, 2.24) is 16.1 Å². The van der Waals surface area contributed by atoms with Crippen LogP contribution in [-0.4, -0.2) is 43.0 Å². The molecule has 0 spiro atoms. The molecule has 0 aliphatic carbocycles. The van der Waals surface area contributed by atoms with Crippen LogP contribution in [0.25, 0.3) is 0 Å². The molecule has 3 amide bonds. The molecule has 0 radical (unpaired) electrons. The minimum absolute atomic E-state index is 0.141. The summed E-state index contributed by atoms with van der Waals surface area (Å²) >= 11 is 6.04. The first kappa shape index (κ1) is 21.0. The Morgan fingerprint density at radius 3 is 2.80 bits per heavy atom. The number of rotatable bonds is 6. The third kappa shape index (κ3) is 5.42. The predicted octanol–water partition coefficient (Wildman–Crippen LogP) is 1.51. The highest BCUT2D eigenvalue weighted by molar-refractivity contribution is 6.33. The van der Waals surface area contributed by atoms with Gasteiger partial charge in [0.05, 0.1) is 12.6 Å². The van der Waals surface area contributed by atoms with Crippen molar-refractivity contribution in [1.29, 1.82) is 0 Å². The van der Waals surface area contributed by atoms with Gasteiger partial charge in [-0.25, -0.2) is 10.4 Å². The normalized spacial score (nSPS) is 15.5. The fourth-order valence-corrected chi connectivity index (χ4v) is 2.84. The zero-order valence-electron chi connectivity index (χ0n) is 16.0. The lowest BCUT2D eigenvalue weighted by molar-refractivity contribution is -0.123. The average molecular weight is 427 g/mol. The van der Waals surface area contributed by atoms with Crippen molar-refractivity contribution in [3.8, 4) is 0 Å². The second kappa shape index (κ2) is 9.66. The van der Waals surface area contributed by atoms with Crippen molar-refractivity contribution in [2.45, 2.75) is 12.5 Å². The molecule has 1 atom stereocenters. The molecular formula is C20H19ClN6O3. The summed E-state index contributed by atoms with van der Waals surface area (Å²) in [6.07, 6.45) is 1.34. The number of hydrazone groups is 1. The summed E-state index contributed by atoms with van der Waals surface area (Å²) < 4.78 is 0. The second-order valence-corrected chi connectivity index (χ2v) is 6.69. The number of nitrogens with one attached hydrogen (secondary N) is 4. The smallest absolute Gasteiger partial charge is 0.252 e. The van der Waals surface area contributed by atoms with E-state index in [1.807, 2.05) is 6.07 Å². The third-order valence-corrected chi connectivity index (χ3v) is 4.47. The zero-order valence-corrected chi connectivity index (χ0v) is 16.7. The van der Waals surface area contributed by atoms with Crippen molar-refractivity contribution >= 4 is 47.2 Å². The lowest BCUT2D eigenvalue weighted by Crippen LogP contribution is -2.35. The molecule has 1 aliphatic heterocycles. The number of carbonyl (C=O) groups is 3. The molecule has 2 aromatic carbocycles. The lowest BCUT2D eigenvalue weighted by Gasteiger charge is -2.08. The molecule has 1 unspecified atom stereocenters. The highest BCUT2D eigenvalue weighted by Crippen LogP contribution is 2.14. The van der Waals surface area contributed by atoms with Crippen LogP contribution in [0.2, 0.25) is 5.02 Å². The number of hydrogen-bond acceptors (Lipinski definition) is 6. The maximum atomic E-state index is 12.3. The Labute approximate surface area is 177 Å². The van der Waals surface area contributed by atoms with E-state index in [1.165, 1.54) is 13.3 Å². The summed E-state index contributed by atoms with van der Waals surface area (Å²) in [4.78, 5) is 40.2. The number of nitrogens with zero attached hydrogens (tertiary/aromatic N) is 2. The largest absolute Gasteiger partial charge is 0.355 e. The molecule has 154 valence electrons. The summed E-state index contributed by atoms with van der Waals surface area (Å²) in [6, 6.07) is 12.7. The molecule has 2 aromatic rings. The van der Waals surface area contributed by atoms with Gasteiger partial charge in [-0.05, 0) is 24.3 Å². The molecule has 10 heteroatoms. The maximum Gasteiger partial charge on any atom is 0.252 e. The first-order chi connectivity index (χ1) is 14.5. The highest BCUT2D eigenvalue weighted by atomic mass is 35.5. The van der Waals surface area contributed by atoms with Gasteiger partial charge >= 0.3 is 0 Å². The van der Waals surface area contributed by atoms with Crippen molar-refractivity contribution < 1.29 is 14.4 Å². The topological polar surface area (TPSA) is 124 Å². The SMILES string of the molecule is CNC(=O)c1cccc(NC(=O)CC2N=C(NN=Cc3ccccc3Cl)NC2=O)c1. The van der Waals surface area contributed by atoms with Crippen LogP contribution < -0.4 is 21.4 Å². The van der Waals surface area contributed by atoms with Crippen LogP contribution in [0.5, 0.6) is 0 Å². The number of hydrogen-bond donors (Lipinski definition) is 4. The highest BCUT2D eigenvalue weighted by Gasteiger charge is 2.28. The molecule has 4 N–H and O–H groups in total. The number of amides is 3. The summed E-state index contributed by atoms with van der Waals surface area (Å²) in [7, 11) is 1.52. The summed E-state index contributed by atoms with van der Waals surface area (Å²) in [5, 5.41) is 12.2. The maximum absolute atomic E-state index is 12.3. The molecule has 3 rings (SSSR count). The quantitative estimate of drug-likeness (QED) is 0.412. The molecule has 0 fully saturated rings. The fraction of sp³-hybridized carbons (Fsp3) is 0.150. The minimum atomic E-state index is -0.884. The standard InChI is InChI=1S/C20H19ClN6O3/c1-22-18(29)12-6-4-7-14(9-12)24-17(28)10-16-19(30)26-20(25-16)27-23-11-13-5-2-3-8-15(13)21/h2-9,11,16H,10H2,1H3,(H,22,29)(H,24,28)(H2,25,26,27,30). The monoisotopic (exact) mass is 426 g/mol.